The summed E-state index contributed by atoms with van der Waals surface area (Å²) in [6.45, 7) is 6.10. The van der Waals surface area contributed by atoms with Crippen LogP contribution in [0.4, 0.5) is 11.8 Å². The zero-order valence-corrected chi connectivity index (χ0v) is 11.2. The van der Waals surface area contributed by atoms with E-state index in [0.29, 0.717) is 17.0 Å². The zero-order valence-electron chi connectivity index (χ0n) is 10.4. The molecule has 2 heterocycles. The van der Waals surface area contributed by atoms with Crippen molar-refractivity contribution in [2.75, 3.05) is 23.3 Å². The van der Waals surface area contributed by atoms with Gasteiger partial charge in [0.15, 0.2) is 5.82 Å². The molecule has 1 aromatic rings. The molecule has 1 atom stereocenters. The lowest BCUT2D eigenvalue weighted by atomic mass is 10.2. The Labute approximate surface area is 107 Å². The number of rotatable bonds is 4. The molecule has 0 bridgehead atoms. The Kier molecular flexibility index (Phi) is 4.05. The summed E-state index contributed by atoms with van der Waals surface area (Å²) < 4.78 is 0. The Hall–Kier alpha value is -1.03. The molecule has 1 unspecified atom stereocenters. The van der Waals surface area contributed by atoms with Gasteiger partial charge in [-0.1, -0.05) is 18.5 Å². The summed E-state index contributed by atoms with van der Waals surface area (Å²) in [6, 6.07) is 0.567. The van der Waals surface area contributed by atoms with Crippen LogP contribution in [-0.2, 0) is 0 Å². The van der Waals surface area contributed by atoms with Gasteiger partial charge in [-0.15, -0.1) is 0 Å². The molecule has 1 aromatic heterocycles. The zero-order chi connectivity index (χ0) is 12.3. The van der Waals surface area contributed by atoms with Gasteiger partial charge in [-0.2, -0.15) is 4.98 Å². The van der Waals surface area contributed by atoms with Gasteiger partial charge in [-0.05, 0) is 26.2 Å². The lowest BCUT2D eigenvalue weighted by Gasteiger charge is -2.25. The van der Waals surface area contributed by atoms with E-state index in [0.717, 1.165) is 25.3 Å². The summed E-state index contributed by atoms with van der Waals surface area (Å²) in [7, 11) is 0. The van der Waals surface area contributed by atoms with Crippen LogP contribution in [0.25, 0.3) is 0 Å². The van der Waals surface area contributed by atoms with E-state index in [9.17, 15) is 0 Å². The second kappa shape index (κ2) is 5.54. The molecule has 1 N–H and O–H groups in total. The van der Waals surface area contributed by atoms with Gasteiger partial charge in [-0.25, -0.2) is 4.98 Å². The van der Waals surface area contributed by atoms with Gasteiger partial charge in [0.05, 0.1) is 6.20 Å². The lowest BCUT2D eigenvalue weighted by molar-refractivity contribution is 0.640. The molecule has 1 fully saturated rings. The number of halogens is 1. The first-order valence-corrected chi connectivity index (χ1v) is 6.67. The molecule has 0 amide bonds. The van der Waals surface area contributed by atoms with Crippen LogP contribution in [0.5, 0.6) is 0 Å². The molecule has 5 heteroatoms. The number of anilines is 2. The van der Waals surface area contributed by atoms with Crippen molar-refractivity contribution in [3.63, 3.8) is 0 Å². The minimum absolute atomic E-state index is 0.567. The highest BCUT2D eigenvalue weighted by Gasteiger charge is 2.26. The van der Waals surface area contributed by atoms with Crippen LogP contribution in [0.3, 0.4) is 0 Å². The summed E-state index contributed by atoms with van der Waals surface area (Å²) in [6.07, 6.45) is 5.27. The summed E-state index contributed by atoms with van der Waals surface area (Å²) in [5.41, 5.74) is 0. The molecular weight excluding hydrogens is 236 g/mol. The van der Waals surface area contributed by atoms with Gasteiger partial charge in [0.25, 0.3) is 0 Å². The van der Waals surface area contributed by atoms with Crippen molar-refractivity contribution in [2.24, 2.45) is 0 Å². The molecule has 17 heavy (non-hydrogen) atoms. The average molecular weight is 255 g/mol. The van der Waals surface area contributed by atoms with Crippen molar-refractivity contribution in [1.29, 1.82) is 0 Å². The second-order valence-corrected chi connectivity index (χ2v) is 4.70. The quantitative estimate of drug-likeness (QED) is 0.897. The summed E-state index contributed by atoms with van der Waals surface area (Å²) in [4.78, 5) is 11.0. The maximum absolute atomic E-state index is 6.20. The third kappa shape index (κ3) is 2.63. The van der Waals surface area contributed by atoms with Crippen LogP contribution in [0.2, 0.25) is 5.02 Å². The van der Waals surface area contributed by atoms with Crippen LogP contribution in [-0.4, -0.2) is 29.1 Å². The molecule has 0 saturated carbocycles. The molecule has 2 rings (SSSR count). The van der Waals surface area contributed by atoms with Gasteiger partial charge in [-0.3, -0.25) is 0 Å². The molecule has 0 aliphatic carbocycles. The summed E-state index contributed by atoms with van der Waals surface area (Å²) in [5, 5.41) is 3.77. The predicted octanol–water partition coefficient (Wildman–Crippen LogP) is 2.94. The summed E-state index contributed by atoms with van der Waals surface area (Å²) >= 11 is 6.20. The maximum atomic E-state index is 6.20. The Balaban J connectivity index is 2.26. The van der Waals surface area contributed by atoms with E-state index >= 15 is 0 Å². The van der Waals surface area contributed by atoms with Crippen LogP contribution < -0.4 is 10.2 Å². The van der Waals surface area contributed by atoms with E-state index in [2.05, 4.69) is 27.1 Å². The molecule has 4 nitrogen and oxygen atoms in total. The van der Waals surface area contributed by atoms with Gasteiger partial charge < -0.3 is 10.2 Å². The largest absolute Gasteiger partial charge is 0.354 e. The first-order chi connectivity index (χ1) is 8.26. The first-order valence-electron chi connectivity index (χ1n) is 6.29. The minimum atomic E-state index is 0.567. The van der Waals surface area contributed by atoms with Crippen LogP contribution >= 0.6 is 11.6 Å². The highest BCUT2D eigenvalue weighted by Crippen LogP contribution is 2.31. The topological polar surface area (TPSA) is 41.1 Å². The summed E-state index contributed by atoms with van der Waals surface area (Å²) in [5.74, 6) is 1.54. The fraction of sp³-hybridized carbons (Fsp3) is 0.667. The van der Waals surface area contributed by atoms with Crippen LogP contribution in [0.15, 0.2) is 6.20 Å². The molecular formula is C12H19ClN4. The number of aromatic nitrogens is 2. The van der Waals surface area contributed by atoms with Crippen molar-refractivity contribution in [2.45, 2.75) is 39.2 Å². The Morgan fingerprint density at radius 2 is 2.35 bits per heavy atom. The molecule has 1 saturated heterocycles. The Morgan fingerprint density at radius 1 is 1.53 bits per heavy atom. The lowest BCUT2D eigenvalue weighted by Crippen LogP contribution is -2.29. The molecule has 0 spiro atoms. The van der Waals surface area contributed by atoms with Crippen molar-refractivity contribution < 1.29 is 0 Å². The first kappa shape index (κ1) is 12.4. The smallest absolute Gasteiger partial charge is 0.224 e. The van der Waals surface area contributed by atoms with E-state index in [-0.39, 0.29) is 0 Å². The highest BCUT2D eigenvalue weighted by molar-refractivity contribution is 6.32. The van der Waals surface area contributed by atoms with Gasteiger partial charge in [0.1, 0.15) is 5.02 Å². The van der Waals surface area contributed by atoms with Crippen molar-refractivity contribution >= 4 is 23.4 Å². The third-order valence-corrected chi connectivity index (χ3v) is 3.45. The van der Waals surface area contributed by atoms with E-state index in [1.54, 1.807) is 6.20 Å². The van der Waals surface area contributed by atoms with Gasteiger partial charge in [0.2, 0.25) is 5.95 Å². The molecule has 1 aliphatic rings. The van der Waals surface area contributed by atoms with E-state index < -0.39 is 0 Å². The fourth-order valence-electron chi connectivity index (χ4n) is 2.34. The van der Waals surface area contributed by atoms with Crippen LogP contribution in [0, 0.1) is 0 Å². The minimum Gasteiger partial charge on any atom is -0.354 e. The van der Waals surface area contributed by atoms with Crippen molar-refractivity contribution in [3.05, 3.63) is 11.2 Å². The molecule has 0 aromatic carbocycles. The van der Waals surface area contributed by atoms with Gasteiger partial charge >= 0.3 is 0 Å². The Bertz CT molecular complexity index is 383. The van der Waals surface area contributed by atoms with E-state index in [1.165, 1.54) is 12.8 Å². The second-order valence-electron chi connectivity index (χ2n) is 4.29. The SMILES string of the molecule is CCNc1ncc(Cl)c(N2CCCC2CC)n1. The average Bonchev–Trinajstić information content (AvgIpc) is 2.80. The maximum Gasteiger partial charge on any atom is 0.224 e. The number of nitrogens with zero attached hydrogens (tertiary/aromatic N) is 3. The fourth-order valence-corrected chi connectivity index (χ4v) is 2.54. The van der Waals surface area contributed by atoms with Crippen LogP contribution in [0.1, 0.15) is 33.1 Å². The van der Waals surface area contributed by atoms with Crippen molar-refractivity contribution in [3.8, 4) is 0 Å². The van der Waals surface area contributed by atoms with E-state index in [1.807, 2.05) is 6.92 Å². The number of hydrogen-bond acceptors (Lipinski definition) is 4. The molecule has 0 radical (unpaired) electrons. The van der Waals surface area contributed by atoms with Gasteiger partial charge in [0, 0.05) is 19.1 Å². The predicted molar refractivity (Wildman–Crippen MR) is 71.9 cm³/mol. The standard InChI is InChI=1S/C12H19ClN4/c1-3-9-6-5-7-17(9)11-10(13)8-15-12(16-11)14-4-2/h8-9H,3-7H2,1-2H3,(H,14,15,16). The molecule has 94 valence electrons. The monoisotopic (exact) mass is 254 g/mol. The molecule has 1 aliphatic heterocycles. The number of nitrogens with one attached hydrogen (secondary N) is 1. The highest BCUT2D eigenvalue weighted by atomic mass is 35.5. The third-order valence-electron chi connectivity index (χ3n) is 3.18. The van der Waals surface area contributed by atoms with E-state index in [4.69, 9.17) is 11.6 Å². The Morgan fingerprint density at radius 3 is 3.06 bits per heavy atom. The van der Waals surface area contributed by atoms with Crippen molar-refractivity contribution in [1.82, 2.24) is 9.97 Å². The number of hydrogen-bond donors (Lipinski definition) is 1. The normalized spacial score (nSPS) is 19.7.